The normalized spacial score (nSPS) is 10.4. The number of fused-ring (bicyclic) bond motifs is 1. The fourth-order valence-corrected chi connectivity index (χ4v) is 2.28. The van der Waals surface area contributed by atoms with Crippen LogP contribution in [0.25, 0.3) is 10.1 Å². The Balaban J connectivity index is 2.72. The van der Waals surface area contributed by atoms with Crippen molar-refractivity contribution in [2.24, 2.45) is 0 Å². The number of hydrogen-bond donors (Lipinski definition) is 0. The van der Waals surface area contributed by atoms with Crippen molar-refractivity contribution in [3.05, 3.63) is 28.4 Å². The maximum Gasteiger partial charge on any atom is 0.340 e. The first-order valence-electron chi connectivity index (χ1n) is 3.84. The predicted octanol–water partition coefficient (Wildman–Crippen LogP) is 2.74. The van der Waals surface area contributed by atoms with E-state index in [1.54, 1.807) is 0 Å². The van der Waals surface area contributed by atoms with Gasteiger partial charge in [0.05, 0.1) is 17.4 Å². The van der Waals surface area contributed by atoms with Crippen LogP contribution in [0, 0.1) is 0 Å². The molecule has 0 aliphatic heterocycles. The van der Waals surface area contributed by atoms with Gasteiger partial charge in [0.1, 0.15) is 5.15 Å². The highest BCUT2D eigenvalue weighted by Gasteiger charge is 2.13. The molecular formula is C9H6ClNO2S. The molecule has 0 saturated heterocycles. The molecule has 72 valence electrons. The van der Waals surface area contributed by atoms with Gasteiger partial charge in [0, 0.05) is 11.6 Å². The van der Waals surface area contributed by atoms with Crippen LogP contribution in [0.2, 0.25) is 5.15 Å². The minimum atomic E-state index is -0.391. The molecule has 2 aromatic heterocycles. The van der Waals surface area contributed by atoms with Crippen LogP contribution in [-0.2, 0) is 4.74 Å². The number of hydrogen-bond acceptors (Lipinski definition) is 4. The number of aromatic nitrogens is 1. The largest absolute Gasteiger partial charge is 0.465 e. The third kappa shape index (κ3) is 1.36. The maximum absolute atomic E-state index is 11.3. The molecule has 0 fully saturated rings. The number of ether oxygens (including phenoxy) is 1. The molecule has 0 radical (unpaired) electrons. The Hall–Kier alpha value is -1.13. The van der Waals surface area contributed by atoms with Gasteiger partial charge < -0.3 is 4.74 Å². The molecule has 0 aliphatic carbocycles. The van der Waals surface area contributed by atoms with Crippen molar-refractivity contribution in [1.82, 2.24) is 4.98 Å². The fourth-order valence-electron chi connectivity index (χ4n) is 1.20. The summed E-state index contributed by atoms with van der Waals surface area (Å²) >= 11 is 7.32. The second-order valence-electron chi connectivity index (χ2n) is 2.62. The van der Waals surface area contributed by atoms with Crippen molar-refractivity contribution in [3.63, 3.8) is 0 Å². The van der Waals surface area contributed by atoms with Crippen molar-refractivity contribution in [1.29, 1.82) is 0 Å². The first kappa shape index (κ1) is 9.43. The maximum atomic E-state index is 11.3. The summed E-state index contributed by atoms with van der Waals surface area (Å²) in [5.41, 5.74) is 0.452. The topological polar surface area (TPSA) is 39.2 Å². The van der Waals surface area contributed by atoms with Gasteiger partial charge in [-0.05, 0) is 11.4 Å². The Kier molecular flexibility index (Phi) is 2.39. The predicted molar refractivity (Wildman–Crippen MR) is 56.0 cm³/mol. The van der Waals surface area contributed by atoms with E-state index in [-0.39, 0.29) is 0 Å². The van der Waals surface area contributed by atoms with Gasteiger partial charge in [-0.25, -0.2) is 9.78 Å². The van der Waals surface area contributed by atoms with Gasteiger partial charge in [0.2, 0.25) is 0 Å². The van der Waals surface area contributed by atoms with Gasteiger partial charge in [0.25, 0.3) is 0 Å². The Labute approximate surface area is 89.3 Å². The van der Waals surface area contributed by atoms with Gasteiger partial charge in [-0.1, -0.05) is 11.6 Å². The molecule has 0 atom stereocenters. The standard InChI is InChI=1S/C9H6ClNO2S/c1-13-9(12)6-4-11-8(10)7-5(6)2-3-14-7/h2-4H,1H3. The van der Waals surface area contributed by atoms with E-state index in [4.69, 9.17) is 11.6 Å². The van der Waals surface area contributed by atoms with E-state index in [0.29, 0.717) is 10.7 Å². The molecular weight excluding hydrogens is 222 g/mol. The van der Waals surface area contributed by atoms with Crippen LogP contribution >= 0.6 is 22.9 Å². The lowest BCUT2D eigenvalue weighted by atomic mass is 10.2. The second-order valence-corrected chi connectivity index (χ2v) is 3.89. The summed E-state index contributed by atoms with van der Waals surface area (Å²) in [6, 6.07) is 1.83. The van der Waals surface area contributed by atoms with Crippen LogP contribution in [0.4, 0.5) is 0 Å². The van der Waals surface area contributed by atoms with Crippen LogP contribution in [0.15, 0.2) is 17.6 Å². The average molecular weight is 228 g/mol. The first-order valence-corrected chi connectivity index (χ1v) is 5.10. The highest BCUT2D eigenvalue weighted by Crippen LogP contribution is 2.29. The van der Waals surface area contributed by atoms with Crippen molar-refractivity contribution in [3.8, 4) is 0 Å². The second kappa shape index (κ2) is 3.55. The number of esters is 1. The summed E-state index contributed by atoms with van der Waals surface area (Å²) < 4.78 is 5.45. The fraction of sp³-hybridized carbons (Fsp3) is 0.111. The lowest BCUT2D eigenvalue weighted by Crippen LogP contribution is -2.02. The van der Waals surface area contributed by atoms with Gasteiger partial charge in [0.15, 0.2) is 0 Å². The molecule has 0 bridgehead atoms. The summed E-state index contributed by atoms with van der Waals surface area (Å²) in [5.74, 6) is -0.391. The molecule has 14 heavy (non-hydrogen) atoms. The number of rotatable bonds is 1. The quantitative estimate of drug-likeness (QED) is 0.556. The van der Waals surface area contributed by atoms with E-state index in [2.05, 4.69) is 9.72 Å². The Bertz CT molecular complexity index is 495. The highest BCUT2D eigenvalue weighted by atomic mass is 35.5. The number of halogens is 1. The first-order chi connectivity index (χ1) is 6.74. The Morgan fingerprint density at radius 3 is 3.14 bits per heavy atom. The van der Waals surface area contributed by atoms with Crippen molar-refractivity contribution < 1.29 is 9.53 Å². The summed E-state index contributed by atoms with van der Waals surface area (Å²) in [5, 5.41) is 3.08. The Morgan fingerprint density at radius 2 is 2.43 bits per heavy atom. The number of nitrogens with zero attached hydrogens (tertiary/aromatic N) is 1. The third-order valence-electron chi connectivity index (χ3n) is 1.86. The monoisotopic (exact) mass is 227 g/mol. The van der Waals surface area contributed by atoms with Crippen LogP contribution < -0.4 is 0 Å². The molecule has 2 aromatic rings. The van der Waals surface area contributed by atoms with Crippen LogP contribution in [0.3, 0.4) is 0 Å². The van der Waals surface area contributed by atoms with Gasteiger partial charge >= 0.3 is 5.97 Å². The zero-order chi connectivity index (χ0) is 10.1. The molecule has 0 N–H and O–H groups in total. The van der Waals surface area contributed by atoms with E-state index in [1.165, 1.54) is 24.6 Å². The van der Waals surface area contributed by atoms with Gasteiger partial charge in [-0.2, -0.15) is 0 Å². The number of thiophene rings is 1. The molecule has 0 aliphatic rings. The summed E-state index contributed by atoms with van der Waals surface area (Å²) in [7, 11) is 1.34. The highest BCUT2D eigenvalue weighted by molar-refractivity contribution is 7.17. The zero-order valence-electron chi connectivity index (χ0n) is 7.28. The van der Waals surface area contributed by atoms with Gasteiger partial charge in [-0.15, -0.1) is 11.3 Å². The number of pyridine rings is 1. The van der Waals surface area contributed by atoms with E-state index < -0.39 is 5.97 Å². The van der Waals surface area contributed by atoms with Crippen LogP contribution in [-0.4, -0.2) is 18.1 Å². The van der Waals surface area contributed by atoms with Crippen molar-refractivity contribution in [2.75, 3.05) is 7.11 Å². The van der Waals surface area contributed by atoms with E-state index in [1.807, 2.05) is 11.4 Å². The molecule has 0 saturated carbocycles. The minimum absolute atomic E-state index is 0.391. The number of carbonyl (C=O) groups is 1. The molecule has 0 aromatic carbocycles. The van der Waals surface area contributed by atoms with Crippen molar-refractivity contribution in [2.45, 2.75) is 0 Å². The number of carbonyl (C=O) groups excluding carboxylic acids is 1. The summed E-state index contributed by atoms with van der Waals surface area (Å²) in [6.45, 7) is 0. The summed E-state index contributed by atoms with van der Waals surface area (Å²) in [6.07, 6.45) is 1.43. The van der Waals surface area contributed by atoms with E-state index >= 15 is 0 Å². The SMILES string of the molecule is COC(=O)c1cnc(Cl)c2sccc12. The minimum Gasteiger partial charge on any atom is -0.465 e. The summed E-state index contributed by atoms with van der Waals surface area (Å²) in [4.78, 5) is 15.3. The van der Waals surface area contributed by atoms with Crippen molar-refractivity contribution >= 4 is 39.0 Å². The lowest BCUT2D eigenvalue weighted by Gasteiger charge is -2.00. The molecule has 3 nitrogen and oxygen atoms in total. The molecule has 0 spiro atoms. The van der Waals surface area contributed by atoms with Crippen LogP contribution in [0.5, 0.6) is 0 Å². The van der Waals surface area contributed by atoms with Crippen LogP contribution in [0.1, 0.15) is 10.4 Å². The molecule has 2 heterocycles. The van der Waals surface area contributed by atoms with E-state index in [0.717, 1.165) is 10.1 Å². The lowest BCUT2D eigenvalue weighted by molar-refractivity contribution is 0.0602. The molecule has 0 unspecified atom stereocenters. The van der Waals surface area contributed by atoms with E-state index in [9.17, 15) is 4.79 Å². The van der Waals surface area contributed by atoms with Gasteiger partial charge in [-0.3, -0.25) is 0 Å². The number of methoxy groups -OCH3 is 1. The third-order valence-corrected chi connectivity index (χ3v) is 3.17. The molecule has 2 rings (SSSR count). The zero-order valence-corrected chi connectivity index (χ0v) is 8.85. The molecule has 0 amide bonds. The molecule has 5 heteroatoms. The smallest absolute Gasteiger partial charge is 0.340 e. The average Bonchev–Trinajstić information content (AvgIpc) is 2.67. The Morgan fingerprint density at radius 1 is 1.64 bits per heavy atom.